The highest BCUT2D eigenvalue weighted by Crippen LogP contribution is 2.34. The van der Waals surface area contributed by atoms with Crippen molar-refractivity contribution in [3.8, 4) is 0 Å². The number of quaternary nitrogens is 1. The Morgan fingerprint density at radius 3 is 2.39 bits per heavy atom. The number of hydrogen-bond donors (Lipinski definition) is 2. The lowest BCUT2D eigenvalue weighted by molar-refractivity contribution is -0.895. The average molecular weight is 330 g/mol. The summed E-state index contributed by atoms with van der Waals surface area (Å²) in [6.45, 7) is 3.89. The summed E-state index contributed by atoms with van der Waals surface area (Å²) in [5.41, 5.74) is -1.09. The van der Waals surface area contributed by atoms with Crippen LogP contribution in [-0.2, 0) is 15.8 Å². The highest BCUT2D eigenvalue weighted by Gasteiger charge is 2.34. The van der Waals surface area contributed by atoms with Crippen molar-refractivity contribution < 1.29 is 27.7 Å². The third-order valence-electron chi connectivity index (χ3n) is 3.83. The molecule has 2 amide bonds. The Morgan fingerprint density at radius 1 is 1.22 bits per heavy atom. The molecule has 0 spiro atoms. The lowest BCUT2D eigenvalue weighted by atomic mass is 10.1. The van der Waals surface area contributed by atoms with Crippen LogP contribution in [-0.4, -0.2) is 49.4 Å². The number of alkyl halides is 3. The van der Waals surface area contributed by atoms with Crippen molar-refractivity contribution in [2.45, 2.75) is 13.1 Å². The van der Waals surface area contributed by atoms with Crippen LogP contribution in [0.25, 0.3) is 0 Å². The van der Waals surface area contributed by atoms with Crippen LogP contribution in [0.3, 0.4) is 0 Å². The number of benzene rings is 1. The molecule has 23 heavy (non-hydrogen) atoms. The van der Waals surface area contributed by atoms with Gasteiger partial charge in [0.15, 0.2) is 6.54 Å². The molecule has 2 N–H and O–H groups in total. The Bertz CT molecular complexity index is 582. The Balaban J connectivity index is 1.93. The van der Waals surface area contributed by atoms with Gasteiger partial charge in [-0.2, -0.15) is 13.2 Å². The quantitative estimate of drug-likeness (QED) is 0.843. The normalized spacial score (nSPS) is 16.3. The van der Waals surface area contributed by atoms with Gasteiger partial charge >= 0.3 is 6.18 Å². The number of halogens is 3. The smallest absolute Gasteiger partial charge is 0.332 e. The highest BCUT2D eigenvalue weighted by molar-refractivity contribution is 5.92. The Kier molecular flexibility index (Phi) is 5.25. The number of hydrogen-bond acceptors (Lipinski definition) is 2. The average Bonchev–Trinajstić information content (AvgIpc) is 2.47. The minimum atomic E-state index is -4.51. The van der Waals surface area contributed by atoms with Crippen molar-refractivity contribution in [1.29, 1.82) is 0 Å². The van der Waals surface area contributed by atoms with Gasteiger partial charge in [-0.1, -0.05) is 12.1 Å². The van der Waals surface area contributed by atoms with Crippen LogP contribution >= 0.6 is 0 Å². The van der Waals surface area contributed by atoms with Gasteiger partial charge in [-0.3, -0.25) is 9.59 Å². The molecule has 5 nitrogen and oxygen atoms in total. The van der Waals surface area contributed by atoms with E-state index in [2.05, 4.69) is 5.32 Å². The predicted molar refractivity (Wildman–Crippen MR) is 77.9 cm³/mol. The number of anilines is 1. The summed E-state index contributed by atoms with van der Waals surface area (Å²) in [6, 6.07) is 4.91. The van der Waals surface area contributed by atoms with Gasteiger partial charge in [0.1, 0.15) is 0 Å². The molecule has 1 aliphatic rings. The molecule has 126 valence electrons. The molecule has 0 radical (unpaired) electrons. The van der Waals surface area contributed by atoms with Crippen LogP contribution in [0.15, 0.2) is 24.3 Å². The van der Waals surface area contributed by atoms with Crippen LogP contribution in [0.4, 0.5) is 18.9 Å². The third kappa shape index (κ3) is 4.69. The molecule has 0 atom stereocenters. The second kappa shape index (κ2) is 6.99. The SMILES string of the molecule is CC(=O)N1CC[NH+](CC(=O)Nc2ccccc2C(F)(F)F)CC1. The van der Waals surface area contributed by atoms with Crippen LogP contribution in [0.1, 0.15) is 12.5 Å². The highest BCUT2D eigenvalue weighted by atomic mass is 19.4. The zero-order valence-electron chi connectivity index (χ0n) is 12.7. The Labute approximate surface area is 132 Å². The van der Waals surface area contributed by atoms with E-state index < -0.39 is 17.6 Å². The number of amides is 2. The maximum atomic E-state index is 12.9. The number of carbonyl (C=O) groups excluding carboxylic acids is 2. The zero-order valence-corrected chi connectivity index (χ0v) is 12.7. The molecule has 0 bridgehead atoms. The van der Waals surface area contributed by atoms with Gasteiger partial charge in [0, 0.05) is 6.92 Å². The van der Waals surface area contributed by atoms with Crippen molar-refractivity contribution in [2.24, 2.45) is 0 Å². The minimum absolute atomic E-state index is 0.00685. The van der Waals surface area contributed by atoms with Gasteiger partial charge < -0.3 is 15.1 Å². The first kappa shape index (κ1) is 17.3. The fourth-order valence-electron chi connectivity index (χ4n) is 2.58. The first-order valence-corrected chi connectivity index (χ1v) is 7.32. The van der Waals surface area contributed by atoms with E-state index in [1.165, 1.54) is 25.1 Å². The topological polar surface area (TPSA) is 53.9 Å². The minimum Gasteiger partial charge on any atom is -0.332 e. The van der Waals surface area contributed by atoms with Crippen molar-refractivity contribution in [3.63, 3.8) is 0 Å². The van der Waals surface area contributed by atoms with E-state index in [4.69, 9.17) is 0 Å². The van der Waals surface area contributed by atoms with Crippen LogP contribution in [0, 0.1) is 0 Å². The summed E-state index contributed by atoms with van der Waals surface area (Å²) < 4.78 is 38.6. The lowest BCUT2D eigenvalue weighted by Gasteiger charge is -2.31. The van der Waals surface area contributed by atoms with Crippen molar-refractivity contribution >= 4 is 17.5 Å². The molecule has 0 unspecified atom stereocenters. The van der Waals surface area contributed by atoms with Gasteiger partial charge in [-0.05, 0) is 12.1 Å². The monoisotopic (exact) mass is 330 g/mol. The lowest BCUT2D eigenvalue weighted by Crippen LogP contribution is -3.15. The fraction of sp³-hybridized carbons (Fsp3) is 0.467. The third-order valence-corrected chi connectivity index (χ3v) is 3.83. The molecule has 0 saturated carbocycles. The molecular weight excluding hydrogens is 311 g/mol. The van der Waals surface area contributed by atoms with Crippen molar-refractivity contribution in [2.75, 3.05) is 38.0 Å². The molecule has 8 heteroatoms. The van der Waals surface area contributed by atoms with E-state index in [0.29, 0.717) is 26.2 Å². The number of rotatable bonds is 3. The summed E-state index contributed by atoms with van der Waals surface area (Å²) in [5, 5.41) is 2.34. The second-order valence-electron chi connectivity index (χ2n) is 5.52. The number of para-hydroxylation sites is 1. The summed E-state index contributed by atoms with van der Waals surface area (Å²) in [7, 11) is 0. The predicted octanol–water partition coefficient (Wildman–Crippen LogP) is 0.391. The number of carbonyl (C=O) groups is 2. The van der Waals surface area contributed by atoms with Crippen molar-refractivity contribution in [1.82, 2.24) is 4.90 Å². The molecule has 1 saturated heterocycles. The van der Waals surface area contributed by atoms with E-state index in [0.717, 1.165) is 11.0 Å². The largest absolute Gasteiger partial charge is 0.418 e. The van der Waals surface area contributed by atoms with E-state index in [-0.39, 0.29) is 18.1 Å². The number of piperazine rings is 1. The summed E-state index contributed by atoms with van der Waals surface area (Å²) in [6.07, 6.45) is -4.51. The summed E-state index contributed by atoms with van der Waals surface area (Å²) in [5.74, 6) is -0.472. The molecule has 0 aromatic heterocycles. The fourth-order valence-corrected chi connectivity index (χ4v) is 2.58. The van der Waals surface area contributed by atoms with E-state index in [9.17, 15) is 22.8 Å². The summed E-state index contributed by atoms with van der Waals surface area (Å²) in [4.78, 5) is 25.9. The molecule has 0 aliphatic carbocycles. The molecular formula is C15H19F3N3O2+. The van der Waals surface area contributed by atoms with Gasteiger partial charge in [-0.25, -0.2) is 0 Å². The van der Waals surface area contributed by atoms with Crippen LogP contribution in [0.2, 0.25) is 0 Å². The summed E-state index contributed by atoms with van der Waals surface area (Å²) >= 11 is 0. The van der Waals surface area contributed by atoms with Gasteiger partial charge in [0.25, 0.3) is 5.91 Å². The Morgan fingerprint density at radius 2 is 1.83 bits per heavy atom. The van der Waals surface area contributed by atoms with Crippen LogP contribution < -0.4 is 10.2 Å². The van der Waals surface area contributed by atoms with Crippen LogP contribution in [0.5, 0.6) is 0 Å². The van der Waals surface area contributed by atoms with E-state index in [1.807, 2.05) is 0 Å². The Hall–Kier alpha value is -2.09. The van der Waals surface area contributed by atoms with E-state index >= 15 is 0 Å². The molecule has 1 aromatic rings. The van der Waals surface area contributed by atoms with E-state index in [1.54, 1.807) is 4.90 Å². The molecule has 1 aromatic carbocycles. The van der Waals surface area contributed by atoms with Gasteiger partial charge in [0.05, 0.1) is 37.4 Å². The van der Waals surface area contributed by atoms with Gasteiger partial charge in [-0.15, -0.1) is 0 Å². The second-order valence-corrected chi connectivity index (χ2v) is 5.52. The number of nitrogens with one attached hydrogen (secondary N) is 2. The van der Waals surface area contributed by atoms with Crippen molar-refractivity contribution in [3.05, 3.63) is 29.8 Å². The standard InChI is InChI=1S/C15H18F3N3O2/c1-11(22)21-8-6-20(7-9-21)10-14(23)19-13-5-3-2-4-12(13)15(16,17)18/h2-5H,6-10H2,1H3,(H,19,23)/p+1. The zero-order chi connectivity index (χ0) is 17.0. The molecule has 2 rings (SSSR count). The molecule has 1 aliphatic heterocycles. The maximum Gasteiger partial charge on any atom is 0.418 e. The van der Waals surface area contributed by atoms with Gasteiger partial charge in [0.2, 0.25) is 5.91 Å². The number of nitrogens with zero attached hydrogens (tertiary/aromatic N) is 1. The maximum absolute atomic E-state index is 12.9. The molecule has 1 fully saturated rings. The first-order valence-electron chi connectivity index (χ1n) is 7.32. The molecule has 1 heterocycles. The first-order chi connectivity index (χ1) is 10.8.